The molecule has 0 aromatic heterocycles. The topological polar surface area (TPSA) is 69.6 Å². The molecule has 0 rings (SSSR count). The summed E-state index contributed by atoms with van der Waals surface area (Å²) in [5, 5.41) is 0. The van der Waals surface area contributed by atoms with Gasteiger partial charge in [0.05, 0.1) is 6.61 Å². The van der Waals surface area contributed by atoms with Crippen LogP contribution in [0.2, 0.25) is 0 Å². The van der Waals surface area contributed by atoms with E-state index in [0.29, 0.717) is 6.42 Å². The van der Waals surface area contributed by atoms with Crippen LogP contribution in [0.25, 0.3) is 0 Å². The number of rotatable bonds is 8. The summed E-state index contributed by atoms with van der Waals surface area (Å²) in [6, 6.07) is 0. The molecule has 0 aliphatic rings. The lowest BCUT2D eigenvalue weighted by molar-refractivity contribution is -0.219. The van der Waals surface area contributed by atoms with Gasteiger partial charge in [-0.3, -0.25) is 4.57 Å². The summed E-state index contributed by atoms with van der Waals surface area (Å²) >= 11 is 0. The maximum atomic E-state index is 10.1. The van der Waals surface area contributed by atoms with Crippen molar-refractivity contribution in [3.8, 4) is 0 Å². The fourth-order valence-corrected chi connectivity index (χ4v) is 1.42. The molecule has 0 aromatic carbocycles. The largest absolute Gasteiger partial charge is 0.756 e. The molecule has 13 heavy (non-hydrogen) atoms. The molecule has 0 heterocycles. The van der Waals surface area contributed by atoms with Crippen LogP contribution in [0, 0.1) is 0 Å². The minimum absolute atomic E-state index is 0.101. The predicted molar refractivity (Wildman–Crippen MR) is 49.2 cm³/mol. The van der Waals surface area contributed by atoms with Crippen molar-refractivity contribution < 1.29 is 18.9 Å². The Morgan fingerprint density at radius 2 is 1.77 bits per heavy atom. The van der Waals surface area contributed by atoms with Crippen LogP contribution in [0.4, 0.5) is 0 Å². The van der Waals surface area contributed by atoms with Crippen LogP contribution >= 0.6 is 7.82 Å². The lowest BCUT2D eigenvalue weighted by Crippen LogP contribution is -2.04. The Labute approximate surface area is 79.5 Å². The Hall–Kier alpha value is 0.110. The normalized spacial score (nSPS) is 15.6. The van der Waals surface area contributed by atoms with E-state index in [-0.39, 0.29) is 6.61 Å². The zero-order chi connectivity index (χ0) is 10.2. The van der Waals surface area contributed by atoms with Gasteiger partial charge in [0.2, 0.25) is 0 Å². The average molecular weight is 209 g/mol. The van der Waals surface area contributed by atoms with Gasteiger partial charge >= 0.3 is 0 Å². The van der Waals surface area contributed by atoms with Crippen molar-refractivity contribution in [2.24, 2.45) is 0 Å². The molecule has 4 nitrogen and oxygen atoms in total. The first-order chi connectivity index (χ1) is 6.06. The number of unbranched alkanes of at least 4 members (excludes halogenated alkanes) is 5. The molecule has 80 valence electrons. The quantitative estimate of drug-likeness (QED) is 0.489. The second-order valence-electron chi connectivity index (χ2n) is 3.07. The Balaban J connectivity index is 3.04. The van der Waals surface area contributed by atoms with Gasteiger partial charge in [-0.25, -0.2) is 0 Å². The highest BCUT2D eigenvalue weighted by Crippen LogP contribution is 2.30. The van der Waals surface area contributed by atoms with Crippen molar-refractivity contribution in [1.82, 2.24) is 0 Å². The van der Waals surface area contributed by atoms with Crippen molar-refractivity contribution in [3.63, 3.8) is 0 Å². The fraction of sp³-hybridized carbons (Fsp3) is 1.00. The van der Waals surface area contributed by atoms with E-state index in [1.165, 1.54) is 19.3 Å². The molecule has 0 aromatic rings. The lowest BCUT2D eigenvalue weighted by Gasteiger charge is -2.14. The fourth-order valence-electron chi connectivity index (χ4n) is 1.06. The van der Waals surface area contributed by atoms with Gasteiger partial charge in [0.15, 0.2) is 0 Å². The highest BCUT2D eigenvalue weighted by atomic mass is 31.2. The summed E-state index contributed by atoms with van der Waals surface area (Å²) in [6.45, 7) is 2.24. The molecule has 1 N–H and O–H groups in total. The maximum Gasteiger partial charge on any atom is 0.265 e. The zero-order valence-corrected chi connectivity index (χ0v) is 8.96. The summed E-state index contributed by atoms with van der Waals surface area (Å²) < 4.78 is 14.3. The van der Waals surface area contributed by atoms with Crippen molar-refractivity contribution in [2.75, 3.05) is 6.61 Å². The van der Waals surface area contributed by atoms with Gasteiger partial charge in [-0.15, -0.1) is 0 Å². The number of phosphoric ester groups is 1. The van der Waals surface area contributed by atoms with Crippen LogP contribution < -0.4 is 4.89 Å². The van der Waals surface area contributed by atoms with Gasteiger partial charge in [0, 0.05) is 0 Å². The number of phosphoric acid groups is 1. The van der Waals surface area contributed by atoms with Gasteiger partial charge in [0.1, 0.15) is 0 Å². The Kier molecular flexibility index (Phi) is 7.57. The first kappa shape index (κ1) is 13.1. The number of hydrogen-bond acceptors (Lipinski definition) is 3. The van der Waals surface area contributed by atoms with E-state index in [4.69, 9.17) is 4.89 Å². The van der Waals surface area contributed by atoms with E-state index < -0.39 is 7.82 Å². The van der Waals surface area contributed by atoms with Gasteiger partial charge in [-0.1, -0.05) is 39.0 Å². The molecule has 0 aliphatic heterocycles. The monoisotopic (exact) mass is 209 g/mol. The summed E-state index contributed by atoms with van der Waals surface area (Å²) in [7, 11) is -4.48. The van der Waals surface area contributed by atoms with Crippen molar-refractivity contribution in [2.45, 2.75) is 45.4 Å². The maximum absolute atomic E-state index is 10.1. The average Bonchev–Trinajstić information content (AvgIpc) is 2.01. The van der Waals surface area contributed by atoms with Crippen LogP contribution in [0.1, 0.15) is 45.4 Å². The minimum atomic E-state index is -4.48. The third kappa shape index (κ3) is 12.1. The second-order valence-corrected chi connectivity index (χ2v) is 4.26. The lowest BCUT2D eigenvalue weighted by atomic mass is 10.1. The summed E-state index contributed by atoms with van der Waals surface area (Å²) in [5.74, 6) is 0. The van der Waals surface area contributed by atoms with Crippen molar-refractivity contribution in [1.29, 1.82) is 0 Å². The molecule has 0 saturated heterocycles. The molecule has 0 bridgehead atoms. The molecule has 0 amide bonds. The summed E-state index contributed by atoms with van der Waals surface area (Å²) in [4.78, 5) is 18.4. The molecule has 1 unspecified atom stereocenters. The number of hydrogen-bond donors (Lipinski definition) is 1. The highest BCUT2D eigenvalue weighted by Gasteiger charge is 1.99. The van der Waals surface area contributed by atoms with E-state index in [9.17, 15) is 9.46 Å². The molecule has 0 saturated carbocycles. The van der Waals surface area contributed by atoms with Crippen LogP contribution in [0.5, 0.6) is 0 Å². The van der Waals surface area contributed by atoms with E-state index in [2.05, 4.69) is 11.4 Å². The molecule has 0 fully saturated rings. The Bertz CT molecular complexity index is 154. The molecule has 1 atom stereocenters. The molecule has 5 heteroatoms. The summed E-state index contributed by atoms with van der Waals surface area (Å²) in [5.41, 5.74) is 0. The third-order valence-electron chi connectivity index (χ3n) is 1.75. The van der Waals surface area contributed by atoms with Crippen LogP contribution in [-0.4, -0.2) is 11.5 Å². The third-order valence-corrected chi connectivity index (χ3v) is 2.26. The van der Waals surface area contributed by atoms with Gasteiger partial charge < -0.3 is 14.3 Å². The second kappa shape index (κ2) is 7.51. The Morgan fingerprint density at radius 1 is 1.23 bits per heavy atom. The summed E-state index contributed by atoms with van der Waals surface area (Å²) in [6.07, 6.45) is 6.36. The van der Waals surface area contributed by atoms with E-state index >= 15 is 0 Å². The van der Waals surface area contributed by atoms with Crippen molar-refractivity contribution in [3.05, 3.63) is 0 Å². The van der Waals surface area contributed by atoms with E-state index in [1.807, 2.05) is 0 Å². The molecule has 0 radical (unpaired) electrons. The molecular weight excluding hydrogens is 191 g/mol. The Morgan fingerprint density at radius 3 is 2.31 bits per heavy atom. The molecular formula is C8H18O4P-. The standard InChI is InChI=1S/C8H19O4P/c1-2-3-4-5-6-7-8-12-13(9,10)11/h2-8H2,1H3,(H2,9,10,11)/p-1. The van der Waals surface area contributed by atoms with Crippen molar-refractivity contribution >= 4 is 7.82 Å². The zero-order valence-electron chi connectivity index (χ0n) is 8.07. The van der Waals surface area contributed by atoms with E-state index in [1.54, 1.807) is 0 Å². The van der Waals surface area contributed by atoms with E-state index in [0.717, 1.165) is 12.8 Å². The predicted octanol–water partition coefficient (Wildman–Crippen LogP) is 1.82. The van der Waals surface area contributed by atoms with Gasteiger partial charge in [-0.2, -0.15) is 0 Å². The molecule has 0 aliphatic carbocycles. The van der Waals surface area contributed by atoms with Gasteiger partial charge in [-0.05, 0) is 6.42 Å². The first-order valence-electron chi connectivity index (χ1n) is 4.74. The minimum Gasteiger partial charge on any atom is -0.756 e. The van der Waals surface area contributed by atoms with Crippen LogP contribution in [-0.2, 0) is 9.09 Å². The van der Waals surface area contributed by atoms with Gasteiger partial charge in [0.25, 0.3) is 7.82 Å². The first-order valence-corrected chi connectivity index (χ1v) is 6.24. The highest BCUT2D eigenvalue weighted by molar-refractivity contribution is 7.44. The SMILES string of the molecule is CCCCCCCCOP(=O)([O-])O. The molecule has 0 spiro atoms. The van der Waals surface area contributed by atoms with Crippen LogP contribution in [0.15, 0.2) is 0 Å². The van der Waals surface area contributed by atoms with Crippen LogP contribution in [0.3, 0.4) is 0 Å². The smallest absolute Gasteiger partial charge is 0.265 e.